The molecule has 30 heavy (non-hydrogen) atoms. The third-order valence-corrected chi connectivity index (χ3v) is 4.45. The Labute approximate surface area is 184 Å². The second kappa shape index (κ2) is 10.5. The zero-order valence-corrected chi connectivity index (χ0v) is 18.1. The molecule has 0 aromatic heterocycles. The summed E-state index contributed by atoms with van der Waals surface area (Å²) < 4.78 is 10.9. The first-order valence-corrected chi connectivity index (χ1v) is 9.62. The normalized spacial score (nSPS) is 11.0. The fraction of sp³-hybridized carbons (Fsp3) is 0.222. The van der Waals surface area contributed by atoms with Gasteiger partial charge in [-0.3, -0.25) is 25.7 Å². The standard InChI is InChI=1S/C18H17IN4O7/c1-3-29-18(24)10-30-17-8-14(15(22(25)26)9-16(17)23(27)28)21-20-11(2)12-4-6-13(19)7-5-12/h4-9,21H,3,10H2,1-2H3/b20-11-. The maximum Gasteiger partial charge on any atom is 0.344 e. The number of nitrogens with one attached hydrogen (secondary N) is 1. The van der Waals surface area contributed by atoms with E-state index in [1.54, 1.807) is 13.8 Å². The molecule has 0 saturated heterocycles. The lowest BCUT2D eigenvalue weighted by Crippen LogP contribution is -2.15. The number of halogens is 1. The number of hydrogen-bond donors (Lipinski definition) is 1. The molecule has 0 spiro atoms. The Kier molecular flexibility index (Phi) is 8.03. The minimum Gasteiger partial charge on any atom is -0.475 e. The number of esters is 1. The van der Waals surface area contributed by atoms with Gasteiger partial charge in [-0.15, -0.1) is 0 Å². The van der Waals surface area contributed by atoms with Crippen molar-refractivity contribution in [1.82, 2.24) is 0 Å². The number of nitro groups is 2. The highest BCUT2D eigenvalue weighted by Crippen LogP contribution is 2.37. The van der Waals surface area contributed by atoms with Crippen molar-refractivity contribution in [2.45, 2.75) is 13.8 Å². The van der Waals surface area contributed by atoms with E-state index in [1.165, 1.54) is 0 Å². The minimum absolute atomic E-state index is 0.115. The molecule has 0 unspecified atom stereocenters. The summed E-state index contributed by atoms with van der Waals surface area (Å²) in [6.45, 7) is 2.83. The summed E-state index contributed by atoms with van der Waals surface area (Å²) in [5.41, 5.74) is 2.52. The second-order valence-electron chi connectivity index (χ2n) is 5.76. The molecule has 0 amide bonds. The Morgan fingerprint density at radius 3 is 2.33 bits per heavy atom. The molecule has 0 atom stereocenters. The quantitative estimate of drug-likeness (QED) is 0.170. The minimum atomic E-state index is -0.836. The monoisotopic (exact) mass is 528 g/mol. The van der Waals surface area contributed by atoms with Gasteiger partial charge in [-0.25, -0.2) is 4.79 Å². The highest BCUT2D eigenvalue weighted by molar-refractivity contribution is 14.1. The van der Waals surface area contributed by atoms with Crippen LogP contribution in [-0.4, -0.2) is 34.7 Å². The zero-order valence-electron chi connectivity index (χ0n) is 16.0. The van der Waals surface area contributed by atoms with Gasteiger partial charge in [-0.05, 0) is 54.1 Å². The molecule has 0 radical (unpaired) electrons. The van der Waals surface area contributed by atoms with Crippen LogP contribution in [0.3, 0.4) is 0 Å². The molecule has 2 aromatic rings. The van der Waals surface area contributed by atoms with Gasteiger partial charge in [-0.2, -0.15) is 5.10 Å². The van der Waals surface area contributed by atoms with Gasteiger partial charge in [0.25, 0.3) is 0 Å². The van der Waals surface area contributed by atoms with Gasteiger partial charge in [0.15, 0.2) is 12.4 Å². The number of hydrazone groups is 1. The first-order chi connectivity index (χ1) is 14.2. The van der Waals surface area contributed by atoms with Crippen LogP contribution in [0.15, 0.2) is 41.5 Å². The van der Waals surface area contributed by atoms with Crippen LogP contribution in [-0.2, 0) is 9.53 Å². The molecule has 0 aliphatic rings. The number of carbonyl (C=O) groups is 1. The number of benzene rings is 2. The molecule has 2 rings (SSSR count). The predicted molar refractivity (Wildman–Crippen MR) is 117 cm³/mol. The average Bonchev–Trinajstić information content (AvgIpc) is 2.70. The van der Waals surface area contributed by atoms with Crippen molar-refractivity contribution >= 4 is 51.3 Å². The van der Waals surface area contributed by atoms with Crippen LogP contribution >= 0.6 is 22.6 Å². The lowest BCUT2D eigenvalue weighted by atomic mass is 10.1. The SMILES string of the molecule is CCOC(=O)COc1cc(N/N=C(/C)c2ccc(I)cc2)c([N+](=O)[O-])cc1[N+](=O)[O-]. The molecule has 2 aromatic carbocycles. The van der Waals surface area contributed by atoms with Crippen molar-refractivity contribution in [3.63, 3.8) is 0 Å². The van der Waals surface area contributed by atoms with E-state index in [-0.39, 0.29) is 18.0 Å². The number of hydrogen-bond acceptors (Lipinski definition) is 9. The van der Waals surface area contributed by atoms with Gasteiger partial charge in [-0.1, -0.05) is 12.1 Å². The fourth-order valence-corrected chi connectivity index (χ4v) is 2.65. The van der Waals surface area contributed by atoms with Crippen LogP contribution in [0.4, 0.5) is 17.1 Å². The van der Waals surface area contributed by atoms with Crippen LogP contribution in [0.5, 0.6) is 5.75 Å². The van der Waals surface area contributed by atoms with Gasteiger partial charge in [0, 0.05) is 9.64 Å². The van der Waals surface area contributed by atoms with Crippen molar-refractivity contribution in [1.29, 1.82) is 0 Å². The number of nitrogens with zero attached hydrogens (tertiary/aromatic N) is 3. The van der Waals surface area contributed by atoms with Crippen LogP contribution in [0.1, 0.15) is 19.4 Å². The molecule has 0 saturated carbocycles. The molecule has 12 heteroatoms. The summed E-state index contributed by atoms with van der Waals surface area (Å²) in [6, 6.07) is 9.23. The fourth-order valence-electron chi connectivity index (χ4n) is 2.30. The molecule has 158 valence electrons. The Balaban J connectivity index is 2.38. The van der Waals surface area contributed by atoms with Crippen LogP contribution in [0.2, 0.25) is 0 Å². The number of carbonyl (C=O) groups excluding carboxylic acids is 1. The highest BCUT2D eigenvalue weighted by atomic mass is 127. The highest BCUT2D eigenvalue weighted by Gasteiger charge is 2.26. The van der Waals surface area contributed by atoms with E-state index in [0.29, 0.717) is 5.71 Å². The van der Waals surface area contributed by atoms with E-state index in [1.807, 2.05) is 24.3 Å². The Morgan fingerprint density at radius 1 is 1.13 bits per heavy atom. The van der Waals surface area contributed by atoms with E-state index in [4.69, 9.17) is 9.47 Å². The maximum absolute atomic E-state index is 11.5. The average molecular weight is 528 g/mol. The number of anilines is 1. The van der Waals surface area contributed by atoms with Gasteiger partial charge < -0.3 is 9.47 Å². The molecule has 0 fully saturated rings. The maximum atomic E-state index is 11.5. The summed E-state index contributed by atoms with van der Waals surface area (Å²) in [5, 5.41) is 26.8. The Bertz CT molecular complexity index is 993. The number of rotatable bonds is 9. The molecular formula is C18H17IN4O7. The predicted octanol–water partition coefficient (Wildman–Crippen LogP) is 3.89. The number of nitro benzene ring substituents is 2. The Hall–Kier alpha value is -3.29. The molecule has 0 aliphatic carbocycles. The molecule has 0 heterocycles. The summed E-state index contributed by atoms with van der Waals surface area (Å²) in [4.78, 5) is 32.6. The van der Waals surface area contributed by atoms with Gasteiger partial charge >= 0.3 is 17.3 Å². The van der Waals surface area contributed by atoms with Crippen LogP contribution in [0, 0.1) is 23.8 Å². The summed E-state index contributed by atoms with van der Waals surface area (Å²) in [7, 11) is 0. The van der Waals surface area contributed by atoms with Crippen LogP contribution < -0.4 is 10.2 Å². The smallest absolute Gasteiger partial charge is 0.344 e. The van der Waals surface area contributed by atoms with Crippen LogP contribution in [0.25, 0.3) is 0 Å². The number of ether oxygens (including phenoxy) is 2. The third-order valence-electron chi connectivity index (χ3n) is 3.73. The largest absolute Gasteiger partial charge is 0.475 e. The van der Waals surface area contributed by atoms with Crippen molar-refractivity contribution in [2.75, 3.05) is 18.6 Å². The third kappa shape index (κ3) is 6.10. The van der Waals surface area contributed by atoms with Gasteiger partial charge in [0.2, 0.25) is 0 Å². The van der Waals surface area contributed by atoms with E-state index in [0.717, 1.165) is 21.3 Å². The van der Waals surface area contributed by atoms with E-state index >= 15 is 0 Å². The first kappa shape index (κ1) is 23.0. The molecule has 0 bridgehead atoms. The summed E-state index contributed by atoms with van der Waals surface area (Å²) in [6.07, 6.45) is 0. The molecule has 1 N–H and O–H groups in total. The second-order valence-corrected chi connectivity index (χ2v) is 7.01. The van der Waals surface area contributed by atoms with E-state index < -0.39 is 33.8 Å². The lowest BCUT2D eigenvalue weighted by molar-refractivity contribution is -0.394. The van der Waals surface area contributed by atoms with E-state index in [9.17, 15) is 25.0 Å². The molecule has 0 aliphatic heterocycles. The zero-order chi connectivity index (χ0) is 22.3. The van der Waals surface area contributed by atoms with Crippen molar-refractivity contribution in [2.24, 2.45) is 5.10 Å². The Morgan fingerprint density at radius 2 is 1.77 bits per heavy atom. The van der Waals surface area contributed by atoms with Gasteiger partial charge in [0.05, 0.1) is 22.2 Å². The summed E-state index contributed by atoms with van der Waals surface area (Å²) >= 11 is 2.16. The van der Waals surface area contributed by atoms with Gasteiger partial charge in [0.1, 0.15) is 11.8 Å². The van der Waals surface area contributed by atoms with E-state index in [2.05, 4.69) is 33.1 Å². The van der Waals surface area contributed by atoms with Crippen molar-refractivity contribution in [3.05, 3.63) is 65.8 Å². The molecule has 11 nitrogen and oxygen atoms in total. The molecular weight excluding hydrogens is 511 g/mol. The topological polar surface area (TPSA) is 146 Å². The van der Waals surface area contributed by atoms with Crippen molar-refractivity contribution in [3.8, 4) is 5.75 Å². The lowest BCUT2D eigenvalue weighted by Gasteiger charge is -2.09. The van der Waals surface area contributed by atoms with Crippen molar-refractivity contribution < 1.29 is 24.1 Å². The summed E-state index contributed by atoms with van der Waals surface area (Å²) in [5.74, 6) is -1.06. The first-order valence-electron chi connectivity index (χ1n) is 8.54.